The third kappa shape index (κ3) is 3.20. The molecule has 3 heterocycles. The van der Waals surface area contributed by atoms with Crippen molar-refractivity contribution in [2.24, 2.45) is 0 Å². The molecular formula is C16H8Cl2N4O4S. The zero-order valence-corrected chi connectivity index (χ0v) is 15.6. The number of nitrogens with one attached hydrogen (secondary N) is 1. The second-order valence-electron chi connectivity index (χ2n) is 5.44. The van der Waals surface area contributed by atoms with E-state index in [1.807, 2.05) is 0 Å². The summed E-state index contributed by atoms with van der Waals surface area (Å²) in [6.07, 6.45) is 0. The highest BCUT2D eigenvalue weighted by Crippen LogP contribution is 2.37. The lowest BCUT2D eigenvalue weighted by atomic mass is 10.1. The highest BCUT2D eigenvalue weighted by Gasteiger charge is 2.36. The van der Waals surface area contributed by atoms with E-state index >= 15 is 0 Å². The molecule has 0 fully saturated rings. The van der Waals surface area contributed by atoms with Crippen LogP contribution in [0.2, 0.25) is 8.67 Å². The van der Waals surface area contributed by atoms with Crippen LogP contribution < -0.4 is 5.32 Å². The quantitative estimate of drug-likeness (QED) is 0.646. The fourth-order valence-electron chi connectivity index (χ4n) is 2.55. The molecule has 1 aliphatic rings. The van der Waals surface area contributed by atoms with Crippen LogP contribution in [0.15, 0.2) is 34.7 Å². The Bertz CT molecular complexity index is 1060. The summed E-state index contributed by atoms with van der Waals surface area (Å²) < 4.78 is 6.15. The summed E-state index contributed by atoms with van der Waals surface area (Å²) in [5.41, 5.74) is 0.971. The molecule has 3 amide bonds. The van der Waals surface area contributed by atoms with Crippen LogP contribution in [-0.4, -0.2) is 39.4 Å². The molecule has 136 valence electrons. The van der Waals surface area contributed by atoms with Gasteiger partial charge in [-0.3, -0.25) is 24.6 Å². The number of halogens is 2. The first kappa shape index (κ1) is 17.7. The van der Waals surface area contributed by atoms with E-state index in [4.69, 9.17) is 27.6 Å². The Morgan fingerprint density at radius 3 is 2.37 bits per heavy atom. The van der Waals surface area contributed by atoms with Gasteiger partial charge in [-0.15, -0.1) is 16.4 Å². The predicted octanol–water partition coefficient (Wildman–Crippen LogP) is 3.34. The van der Waals surface area contributed by atoms with Gasteiger partial charge in [-0.25, -0.2) is 0 Å². The Morgan fingerprint density at radius 1 is 1.11 bits per heavy atom. The van der Waals surface area contributed by atoms with Gasteiger partial charge in [0.2, 0.25) is 5.91 Å². The van der Waals surface area contributed by atoms with Crippen molar-refractivity contribution in [3.05, 3.63) is 50.1 Å². The summed E-state index contributed by atoms with van der Waals surface area (Å²) in [6, 6.07) is 7.74. The minimum atomic E-state index is -0.658. The number of hydrogen-bond donors (Lipinski definition) is 1. The van der Waals surface area contributed by atoms with Crippen LogP contribution in [0.3, 0.4) is 0 Å². The maximum absolute atomic E-state index is 12.3. The average molecular weight is 423 g/mol. The molecule has 0 atom stereocenters. The number of benzene rings is 1. The molecule has 1 aliphatic heterocycles. The van der Waals surface area contributed by atoms with Crippen LogP contribution in [0.4, 0.5) is 6.01 Å². The second kappa shape index (κ2) is 6.76. The number of carbonyl (C=O) groups is 3. The average Bonchev–Trinajstić information content (AvgIpc) is 3.29. The molecule has 0 bridgehead atoms. The lowest BCUT2D eigenvalue weighted by molar-refractivity contribution is -0.116. The molecule has 27 heavy (non-hydrogen) atoms. The second-order valence-corrected chi connectivity index (χ2v) is 7.73. The Kier molecular flexibility index (Phi) is 4.42. The van der Waals surface area contributed by atoms with Crippen molar-refractivity contribution in [2.45, 2.75) is 0 Å². The van der Waals surface area contributed by atoms with Gasteiger partial charge in [-0.05, 0) is 18.2 Å². The number of aromatic nitrogens is 2. The summed E-state index contributed by atoms with van der Waals surface area (Å²) in [7, 11) is 0. The molecule has 0 spiro atoms. The van der Waals surface area contributed by atoms with E-state index in [9.17, 15) is 14.4 Å². The third-order valence-electron chi connectivity index (χ3n) is 3.74. The van der Waals surface area contributed by atoms with E-state index in [1.54, 1.807) is 18.2 Å². The normalized spacial score (nSPS) is 13.2. The fourth-order valence-corrected chi connectivity index (χ4v) is 4.00. The number of amides is 3. The molecule has 1 N–H and O–H groups in total. The van der Waals surface area contributed by atoms with Crippen molar-refractivity contribution in [3.63, 3.8) is 0 Å². The zero-order chi connectivity index (χ0) is 19.1. The van der Waals surface area contributed by atoms with E-state index in [0.29, 0.717) is 14.2 Å². The van der Waals surface area contributed by atoms with Crippen molar-refractivity contribution in [3.8, 4) is 11.5 Å². The van der Waals surface area contributed by atoms with Gasteiger partial charge in [0.1, 0.15) is 10.9 Å². The molecule has 4 rings (SSSR count). The number of rotatable bonds is 4. The molecule has 0 radical (unpaired) electrons. The number of fused-ring (bicyclic) bond motifs is 1. The van der Waals surface area contributed by atoms with Gasteiger partial charge in [0.05, 0.1) is 21.0 Å². The van der Waals surface area contributed by atoms with Gasteiger partial charge < -0.3 is 4.42 Å². The monoisotopic (exact) mass is 422 g/mol. The van der Waals surface area contributed by atoms with Gasteiger partial charge in [-0.1, -0.05) is 40.4 Å². The number of nitrogens with zero attached hydrogens (tertiary/aromatic N) is 3. The SMILES string of the molecule is O=C(CN1C(=O)c2ccccc2C1=O)Nc1nnc(-c2cc(Cl)sc2Cl)o1. The van der Waals surface area contributed by atoms with Crippen LogP contribution >= 0.6 is 34.5 Å². The summed E-state index contributed by atoms with van der Waals surface area (Å²) in [6.45, 7) is -0.477. The van der Waals surface area contributed by atoms with Crippen LogP contribution in [0.1, 0.15) is 20.7 Å². The molecule has 2 aromatic heterocycles. The standard InChI is InChI=1S/C16H8Cl2N4O4S/c17-10-5-9(12(18)27-10)13-20-21-16(26-13)19-11(23)6-22-14(24)7-3-1-2-4-8(7)15(22)25/h1-5H,6H2,(H,19,21,23). The van der Waals surface area contributed by atoms with Gasteiger partial charge in [0, 0.05) is 0 Å². The fraction of sp³-hybridized carbons (Fsp3) is 0.0625. The van der Waals surface area contributed by atoms with Crippen molar-refractivity contribution in [2.75, 3.05) is 11.9 Å². The van der Waals surface area contributed by atoms with E-state index in [-0.39, 0.29) is 23.0 Å². The number of carbonyl (C=O) groups excluding carboxylic acids is 3. The Labute approximate surface area is 165 Å². The van der Waals surface area contributed by atoms with E-state index in [1.165, 1.54) is 12.1 Å². The Balaban J connectivity index is 1.46. The van der Waals surface area contributed by atoms with Crippen molar-refractivity contribution in [1.29, 1.82) is 0 Å². The first-order valence-electron chi connectivity index (χ1n) is 7.48. The van der Waals surface area contributed by atoms with Gasteiger partial charge in [-0.2, -0.15) is 0 Å². The maximum atomic E-state index is 12.3. The van der Waals surface area contributed by atoms with Crippen molar-refractivity contribution < 1.29 is 18.8 Å². The molecule has 11 heteroatoms. The maximum Gasteiger partial charge on any atom is 0.322 e. The lowest BCUT2D eigenvalue weighted by Crippen LogP contribution is -2.37. The highest BCUT2D eigenvalue weighted by molar-refractivity contribution is 7.20. The van der Waals surface area contributed by atoms with Crippen molar-refractivity contribution in [1.82, 2.24) is 15.1 Å². The van der Waals surface area contributed by atoms with E-state index in [0.717, 1.165) is 16.2 Å². The summed E-state index contributed by atoms with van der Waals surface area (Å²) in [4.78, 5) is 37.6. The first-order valence-corrected chi connectivity index (χ1v) is 9.05. The first-order chi connectivity index (χ1) is 12.9. The number of anilines is 1. The molecule has 0 saturated heterocycles. The van der Waals surface area contributed by atoms with Crippen LogP contribution in [0.5, 0.6) is 0 Å². The lowest BCUT2D eigenvalue weighted by Gasteiger charge is -2.12. The third-order valence-corrected chi connectivity index (χ3v) is 5.23. The summed E-state index contributed by atoms with van der Waals surface area (Å²) in [5.74, 6) is -1.64. The number of hydrogen-bond acceptors (Lipinski definition) is 7. The molecule has 3 aromatic rings. The minimum Gasteiger partial charge on any atom is -0.403 e. The highest BCUT2D eigenvalue weighted by atomic mass is 35.5. The Morgan fingerprint density at radius 2 is 1.78 bits per heavy atom. The van der Waals surface area contributed by atoms with Crippen LogP contribution in [-0.2, 0) is 4.79 Å². The zero-order valence-electron chi connectivity index (χ0n) is 13.2. The van der Waals surface area contributed by atoms with Crippen LogP contribution in [0.25, 0.3) is 11.5 Å². The van der Waals surface area contributed by atoms with E-state index < -0.39 is 24.3 Å². The molecule has 0 saturated carbocycles. The Hall–Kier alpha value is -2.75. The number of thiophene rings is 1. The van der Waals surface area contributed by atoms with Gasteiger partial charge in [0.15, 0.2) is 0 Å². The molecule has 0 aliphatic carbocycles. The molecule has 1 aromatic carbocycles. The number of imide groups is 1. The van der Waals surface area contributed by atoms with E-state index in [2.05, 4.69) is 15.5 Å². The minimum absolute atomic E-state index is 0.0826. The topological polar surface area (TPSA) is 105 Å². The smallest absolute Gasteiger partial charge is 0.322 e. The van der Waals surface area contributed by atoms with Gasteiger partial charge in [0.25, 0.3) is 17.7 Å². The van der Waals surface area contributed by atoms with Crippen LogP contribution in [0, 0.1) is 0 Å². The molecule has 8 nitrogen and oxygen atoms in total. The van der Waals surface area contributed by atoms with Gasteiger partial charge >= 0.3 is 6.01 Å². The predicted molar refractivity (Wildman–Crippen MR) is 98.1 cm³/mol. The molecular weight excluding hydrogens is 415 g/mol. The van der Waals surface area contributed by atoms with Crippen molar-refractivity contribution >= 4 is 58.3 Å². The summed E-state index contributed by atoms with van der Waals surface area (Å²) >= 11 is 13.0. The molecule has 0 unspecified atom stereocenters. The largest absolute Gasteiger partial charge is 0.403 e. The summed E-state index contributed by atoms with van der Waals surface area (Å²) in [5, 5.41) is 9.85.